The maximum atomic E-state index is 11.7. The van der Waals surface area contributed by atoms with Crippen molar-refractivity contribution in [1.29, 1.82) is 5.26 Å². The summed E-state index contributed by atoms with van der Waals surface area (Å²) in [6, 6.07) is 9.88. The van der Waals surface area contributed by atoms with E-state index < -0.39 is 0 Å². The summed E-state index contributed by atoms with van der Waals surface area (Å²) in [5.74, 6) is -0.0230. The van der Waals surface area contributed by atoms with Crippen LogP contribution >= 0.6 is 0 Å². The van der Waals surface area contributed by atoms with Gasteiger partial charge in [0.2, 0.25) is 0 Å². The maximum absolute atomic E-state index is 11.7. The van der Waals surface area contributed by atoms with Crippen molar-refractivity contribution in [2.24, 2.45) is 0 Å². The van der Waals surface area contributed by atoms with E-state index >= 15 is 0 Å². The summed E-state index contributed by atoms with van der Waals surface area (Å²) in [6.07, 6.45) is 4.91. The van der Waals surface area contributed by atoms with E-state index in [9.17, 15) is 4.79 Å². The van der Waals surface area contributed by atoms with Gasteiger partial charge in [-0.25, -0.2) is 0 Å². The van der Waals surface area contributed by atoms with Gasteiger partial charge in [-0.15, -0.1) is 0 Å². The molecule has 0 fully saturated rings. The van der Waals surface area contributed by atoms with E-state index in [1.807, 2.05) is 30.3 Å². The first-order valence-electron chi connectivity index (χ1n) is 4.99. The summed E-state index contributed by atoms with van der Waals surface area (Å²) >= 11 is 0. The van der Waals surface area contributed by atoms with Gasteiger partial charge >= 0.3 is 0 Å². The second kappa shape index (κ2) is 3.04. The Morgan fingerprint density at radius 2 is 1.94 bits per heavy atom. The number of benzene rings is 1. The topological polar surface area (TPSA) is 40.9 Å². The number of rotatable bonds is 0. The molecular formula is C14H7NO. The van der Waals surface area contributed by atoms with Crippen molar-refractivity contribution in [2.75, 3.05) is 0 Å². The van der Waals surface area contributed by atoms with Gasteiger partial charge in [0.1, 0.15) is 0 Å². The number of fused-ring (bicyclic) bond motifs is 3. The Morgan fingerprint density at radius 1 is 1.12 bits per heavy atom. The molecule has 2 heteroatoms. The first-order valence-corrected chi connectivity index (χ1v) is 4.99. The standard InChI is InChI=1S/C14H7NO/c15-8-10-5-6-13(16)12-7-9-3-1-2-4-11(9)14(10)12/h1-7H. The smallest absolute Gasteiger partial charge is 0.186 e. The average molecular weight is 205 g/mol. The molecular weight excluding hydrogens is 198 g/mol. The third-order valence-electron chi connectivity index (χ3n) is 2.86. The van der Waals surface area contributed by atoms with Gasteiger partial charge in [0.05, 0.1) is 11.6 Å². The number of hydrogen-bond acceptors (Lipinski definition) is 2. The highest BCUT2D eigenvalue weighted by molar-refractivity contribution is 6.24. The van der Waals surface area contributed by atoms with Gasteiger partial charge < -0.3 is 0 Å². The second-order valence-corrected chi connectivity index (χ2v) is 3.74. The Morgan fingerprint density at radius 3 is 2.75 bits per heavy atom. The van der Waals surface area contributed by atoms with Crippen molar-refractivity contribution in [3.05, 3.63) is 58.7 Å². The second-order valence-electron chi connectivity index (χ2n) is 3.74. The van der Waals surface area contributed by atoms with Crippen LogP contribution in [0.1, 0.15) is 11.1 Å². The van der Waals surface area contributed by atoms with Gasteiger partial charge in [0.15, 0.2) is 5.78 Å². The van der Waals surface area contributed by atoms with Gasteiger partial charge in [-0.05, 0) is 29.4 Å². The van der Waals surface area contributed by atoms with Gasteiger partial charge in [-0.1, -0.05) is 24.3 Å². The summed E-state index contributed by atoms with van der Waals surface area (Å²) in [7, 11) is 0. The highest BCUT2D eigenvalue weighted by Crippen LogP contribution is 2.40. The van der Waals surface area contributed by atoms with Crippen LogP contribution in [0.3, 0.4) is 0 Å². The van der Waals surface area contributed by atoms with E-state index in [4.69, 9.17) is 5.26 Å². The molecule has 0 aromatic heterocycles. The summed E-state index contributed by atoms with van der Waals surface area (Å²) in [4.78, 5) is 11.7. The van der Waals surface area contributed by atoms with Gasteiger partial charge in [0, 0.05) is 11.1 Å². The fourth-order valence-corrected chi connectivity index (χ4v) is 2.13. The molecule has 0 heterocycles. The van der Waals surface area contributed by atoms with E-state index in [-0.39, 0.29) is 5.78 Å². The molecule has 0 aliphatic heterocycles. The Kier molecular flexibility index (Phi) is 1.69. The molecule has 0 atom stereocenters. The Bertz CT molecular complexity index is 639. The first kappa shape index (κ1) is 8.87. The number of carbonyl (C=O) groups excluding carboxylic acids is 1. The van der Waals surface area contributed by atoms with Crippen LogP contribution in [-0.2, 0) is 4.79 Å². The molecule has 2 aliphatic carbocycles. The SMILES string of the molecule is N#CC1=C2C(=Cc3ccccc32)C(=O)C=C1. The molecule has 1 aromatic rings. The van der Waals surface area contributed by atoms with E-state index in [2.05, 4.69) is 6.07 Å². The average Bonchev–Trinajstić information content (AvgIpc) is 2.70. The zero-order valence-electron chi connectivity index (χ0n) is 8.40. The van der Waals surface area contributed by atoms with E-state index in [0.29, 0.717) is 11.1 Å². The highest BCUT2D eigenvalue weighted by atomic mass is 16.1. The number of hydrogen-bond donors (Lipinski definition) is 0. The third-order valence-corrected chi connectivity index (χ3v) is 2.86. The van der Waals surface area contributed by atoms with Crippen LogP contribution < -0.4 is 0 Å². The lowest BCUT2D eigenvalue weighted by Gasteiger charge is -2.09. The lowest BCUT2D eigenvalue weighted by Crippen LogP contribution is -2.04. The summed E-state index contributed by atoms with van der Waals surface area (Å²) in [6.45, 7) is 0. The Labute approximate surface area is 92.8 Å². The van der Waals surface area contributed by atoms with Crippen LogP contribution in [0.15, 0.2) is 47.6 Å². The Balaban J connectivity index is 2.36. The maximum Gasteiger partial charge on any atom is 0.186 e. The van der Waals surface area contributed by atoms with E-state index in [0.717, 1.165) is 16.7 Å². The minimum absolute atomic E-state index is 0.0230. The molecule has 0 N–H and O–H groups in total. The first-order chi connectivity index (χ1) is 7.81. The van der Waals surface area contributed by atoms with E-state index in [1.165, 1.54) is 6.08 Å². The molecule has 16 heavy (non-hydrogen) atoms. The molecule has 0 amide bonds. The van der Waals surface area contributed by atoms with Crippen LogP contribution in [0.5, 0.6) is 0 Å². The number of nitriles is 1. The zero-order valence-corrected chi connectivity index (χ0v) is 8.40. The molecule has 2 aliphatic rings. The summed E-state index contributed by atoms with van der Waals surface area (Å²) in [5.41, 5.74) is 3.98. The molecule has 3 rings (SSSR count). The van der Waals surface area contributed by atoms with Crippen LogP contribution in [0, 0.1) is 11.3 Å². The summed E-state index contributed by atoms with van der Waals surface area (Å²) in [5, 5.41) is 9.05. The molecule has 0 radical (unpaired) electrons. The normalized spacial score (nSPS) is 16.7. The van der Waals surface area contributed by atoms with Crippen molar-refractivity contribution in [3.63, 3.8) is 0 Å². The van der Waals surface area contributed by atoms with Gasteiger partial charge in [0.25, 0.3) is 0 Å². The largest absolute Gasteiger partial charge is 0.289 e. The fourth-order valence-electron chi connectivity index (χ4n) is 2.13. The molecule has 0 bridgehead atoms. The minimum atomic E-state index is -0.0230. The molecule has 0 unspecified atom stereocenters. The molecule has 1 aromatic carbocycles. The molecule has 0 saturated carbocycles. The highest BCUT2D eigenvalue weighted by Gasteiger charge is 2.27. The summed E-state index contributed by atoms with van der Waals surface area (Å²) < 4.78 is 0. The molecule has 0 spiro atoms. The predicted molar refractivity (Wildman–Crippen MR) is 61.1 cm³/mol. The van der Waals surface area contributed by atoms with Crippen molar-refractivity contribution in [1.82, 2.24) is 0 Å². The van der Waals surface area contributed by atoms with Crippen LogP contribution in [-0.4, -0.2) is 5.78 Å². The minimum Gasteiger partial charge on any atom is -0.289 e. The van der Waals surface area contributed by atoms with Crippen LogP contribution in [0.25, 0.3) is 11.6 Å². The number of allylic oxidation sites excluding steroid dienone is 5. The molecule has 74 valence electrons. The van der Waals surface area contributed by atoms with Crippen molar-refractivity contribution in [3.8, 4) is 6.07 Å². The van der Waals surface area contributed by atoms with Crippen molar-refractivity contribution >= 4 is 17.4 Å². The number of nitrogens with zero attached hydrogens (tertiary/aromatic N) is 1. The van der Waals surface area contributed by atoms with Crippen LogP contribution in [0.2, 0.25) is 0 Å². The van der Waals surface area contributed by atoms with Gasteiger partial charge in [-0.2, -0.15) is 5.26 Å². The third kappa shape index (κ3) is 1.03. The van der Waals surface area contributed by atoms with Crippen molar-refractivity contribution in [2.45, 2.75) is 0 Å². The van der Waals surface area contributed by atoms with Crippen LogP contribution in [0.4, 0.5) is 0 Å². The van der Waals surface area contributed by atoms with Gasteiger partial charge in [-0.3, -0.25) is 4.79 Å². The van der Waals surface area contributed by atoms with Crippen molar-refractivity contribution < 1.29 is 4.79 Å². The lowest BCUT2D eigenvalue weighted by molar-refractivity contribution is -0.110. The number of ketones is 1. The lowest BCUT2D eigenvalue weighted by atomic mass is 9.91. The quantitative estimate of drug-likeness (QED) is 0.652. The number of carbonyl (C=O) groups is 1. The molecule has 0 saturated heterocycles. The monoisotopic (exact) mass is 205 g/mol. The van der Waals surface area contributed by atoms with E-state index in [1.54, 1.807) is 6.08 Å². The zero-order chi connectivity index (χ0) is 11.1. The Hall–Kier alpha value is -2.40. The molecule has 2 nitrogen and oxygen atoms in total. The predicted octanol–water partition coefficient (Wildman–Crippen LogP) is 2.50. The fraction of sp³-hybridized carbons (Fsp3) is 0.